The summed E-state index contributed by atoms with van der Waals surface area (Å²) in [4.78, 5) is 24.1. The molecule has 0 saturated heterocycles. The lowest BCUT2D eigenvalue weighted by atomic mass is 9.78. The molecule has 8 heteroatoms. The Labute approximate surface area is 146 Å². The zero-order valence-electron chi connectivity index (χ0n) is 13.5. The van der Waals surface area contributed by atoms with Crippen molar-refractivity contribution in [2.24, 2.45) is 0 Å². The summed E-state index contributed by atoms with van der Waals surface area (Å²) in [6.07, 6.45) is -3.43. The second kappa shape index (κ2) is 6.93. The summed E-state index contributed by atoms with van der Waals surface area (Å²) in [5, 5.41) is 12.2. The van der Waals surface area contributed by atoms with Crippen molar-refractivity contribution in [2.75, 3.05) is 6.67 Å². The van der Waals surface area contributed by atoms with Crippen molar-refractivity contribution in [1.29, 1.82) is 0 Å². The van der Waals surface area contributed by atoms with Crippen LogP contribution in [0.1, 0.15) is 29.9 Å². The first-order chi connectivity index (χ1) is 12.3. The van der Waals surface area contributed by atoms with E-state index in [1.807, 2.05) is 0 Å². The molecular formula is C18H15F4NO3. The SMILES string of the molecule is O=C(O)C1=C(CF)NC2=C(C(=O)CC2)[C@H]1c1cccc(F)c1CC(F)F. The number of benzene rings is 1. The van der Waals surface area contributed by atoms with Crippen molar-refractivity contribution >= 4 is 11.8 Å². The maximum Gasteiger partial charge on any atom is 0.334 e. The number of carboxylic acid groups (broad SMARTS) is 1. The van der Waals surface area contributed by atoms with E-state index in [-0.39, 0.29) is 41.0 Å². The minimum absolute atomic E-state index is 0.0436. The van der Waals surface area contributed by atoms with Gasteiger partial charge < -0.3 is 10.4 Å². The number of aliphatic carboxylic acids is 1. The van der Waals surface area contributed by atoms with E-state index in [0.717, 1.165) is 6.07 Å². The molecule has 1 heterocycles. The highest BCUT2D eigenvalue weighted by molar-refractivity contribution is 6.04. The van der Waals surface area contributed by atoms with E-state index in [2.05, 4.69) is 5.32 Å². The molecule has 0 bridgehead atoms. The lowest BCUT2D eigenvalue weighted by Gasteiger charge is -2.30. The zero-order valence-corrected chi connectivity index (χ0v) is 13.5. The largest absolute Gasteiger partial charge is 0.478 e. The average molecular weight is 369 g/mol. The summed E-state index contributed by atoms with van der Waals surface area (Å²) in [6.45, 7) is -1.14. The Balaban J connectivity index is 2.26. The second-order valence-corrected chi connectivity index (χ2v) is 6.11. The van der Waals surface area contributed by atoms with Crippen molar-refractivity contribution in [1.82, 2.24) is 5.32 Å². The summed E-state index contributed by atoms with van der Waals surface area (Å²) in [5.74, 6) is -4.05. The molecular weight excluding hydrogens is 354 g/mol. The molecule has 1 aliphatic heterocycles. The van der Waals surface area contributed by atoms with Crippen LogP contribution in [0.3, 0.4) is 0 Å². The predicted octanol–water partition coefficient (Wildman–Crippen LogP) is 3.25. The Hall–Kier alpha value is -2.64. The molecule has 0 amide bonds. The number of hydrogen-bond donors (Lipinski definition) is 2. The Morgan fingerprint density at radius 2 is 2.04 bits per heavy atom. The van der Waals surface area contributed by atoms with Crippen molar-refractivity contribution in [2.45, 2.75) is 31.6 Å². The summed E-state index contributed by atoms with van der Waals surface area (Å²) >= 11 is 0. The standard InChI is InChI=1S/C18H15F4NO3/c19-7-12-17(18(25)26)15(16-11(23-12)4-5-13(16)24)8-2-1-3-10(20)9(8)6-14(21)22/h1-3,14-15,23H,4-7H2,(H,25,26)/t15-/m1/s1. The number of hydrogen-bond acceptors (Lipinski definition) is 3. The van der Waals surface area contributed by atoms with Gasteiger partial charge in [0.05, 0.1) is 11.3 Å². The van der Waals surface area contributed by atoms with Crippen LogP contribution in [0.25, 0.3) is 0 Å². The number of carbonyl (C=O) groups excluding carboxylic acids is 1. The summed E-state index contributed by atoms with van der Waals surface area (Å²) < 4.78 is 53.6. The fourth-order valence-electron chi connectivity index (χ4n) is 3.59. The van der Waals surface area contributed by atoms with Gasteiger partial charge in [-0.25, -0.2) is 22.4 Å². The van der Waals surface area contributed by atoms with Crippen molar-refractivity contribution in [3.63, 3.8) is 0 Å². The van der Waals surface area contributed by atoms with Gasteiger partial charge in [-0.3, -0.25) is 4.79 Å². The Bertz CT molecular complexity index is 845. The van der Waals surface area contributed by atoms with Gasteiger partial charge >= 0.3 is 5.97 Å². The third-order valence-corrected chi connectivity index (χ3v) is 4.62. The number of alkyl halides is 3. The summed E-state index contributed by atoms with van der Waals surface area (Å²) in [6, 6.07) is 3.57. The number of ketones is 1. The third-order valence-electron chi connectivity index (χ3n) is 4.62. The number of halogens is 4. The average Bonchev–Trinajstić information content (AvgIpc) is 2.95. The fourth-order valence-corrected chi connectivity index (χ4v) is 3.59. The molecule has 2 N–H and O–H groups in total. The van der Waals surface area contributed by atoms with Crippen LogP contribution < -0.4 is 5.32 Å². The highest BCUT2D eigenvalue weighted by atomic mass is 19.3. The van der Waals surface area contributed by atoms with Crippen molar-refractivity contribution < 1.29 is 32.3 Å². The molecule has 0 aromatic heterocycles. The highest BCUT2D eigenvalue weighted by Crippen LogP contribution is 2.44. The molecule has 1 aliphatic carbocycles. The summed E-state index contributed by atoms with van der Waals surface area (Å²) in [7, 11) is 0. The molecule has 0 radical (unpaired) electrons. The van der Waals surface area contributed by atoms with Gasteiger partial charge in [-0.2, -0.15) is 0 Å². The first-order valence-electron chi connectivity index (χ1n) is 7.96. The Kier molecular flexibility index (Phi) is 4.84. The van der Waals surface area contributed by atoms with Crippen LogP contribution in [-0.2, 0) is 16.0 Å². The molecule has 2 aliphatic rings. The predicted molar refractivity (Wildman–Crippen MR) is 83.9 cm³/mol. The lowest BCUT2D eigenvalue weighted by molar-refractivity contribution is -0.133. The van der Waals surface area contributed by atoms with Crippen molar-refractivity contribution in [3.8, 4) is 0 Å². The number of dihydropyridines is 1. The Morgan fingerprint density at radius 3 is 2.65 bits per heavy atom. The number of rotatable bonds is 5. The maximum atomic E-state index is 14.2. The molecule has 1 aromatic carbocycles. The molecule has 4 nitrogen and oxygen atoms in total. The van der Waals surface area contributed by atoms with Gasteiger partial charge in [0.1, 0.15) is 12.5 Å². The molecule has 1 aromatic rings. The van der Waals surface area contributed by atoms with Gasteiger partial charge in [0.15, 0.2) is 5.78 Å². The topological polar surface area (TPSA) is 66.4 Å². The smallest absolute Gasteiger partial charge is 0.334 e. The van der Waals surface area contributed by atoms with E-state index in [1.54, 1.807) is 0 Å². The van der Waals surface area contributed by atoms with Crippen LogP contribution in [0, 0.1) is 5.82 Å². The molecule has 26 heavy (non-hydrogen) atoms. The molecule has 3 rings (SSSR count). The fraction of sp³-hybridized carbons (Fsp3) is 0.333. The van der Waals surface area contributed by atoms with E-state index in [0.29, 0.717) is 5.70 Å². The summed E-state index contributed by atoms with van der Waals surface area (Å²) in [5.41, 5.74) is -0.660. The van der Waals surface area contributed by atoms with Crippen LogP contribution in [0.5, 0.6) is 0 Å². The lowest BCUT2D eigenvalue weighted by Crippen LogP contribution is -2.31. The van der Waals surface area contributed by atoms with E-state index < -0.39 is 42.8 Å². The molecule has 0 saturated carbocycles. The van der Waals surface area contributed by atoms with Crippen molar-refractivity contribution in [3.05, 3.63) is 57.7 Å². The third kappa shape index (κ3) is 3.00. The van der Waals surface area contributed by atoms with Gasteiger partial charge in [-0.15, -0.1) is 0 Å². The zero-order chi connectivity index (χ0) is 19.0. The van der Waals surface area contributed by atoms with Crippen LogP contribution in [0.4, 0.5) is 17.6 Å². The van der Waals surface area contributed by atoms with Gasteiger partial charge in [0, 0.05) is 30.0 Å². The van der Waals surface area contributed by atoms with Gasteiger partial charge in [-0.05, 0) is 23.6 Å². The van der Waals surface area contributed by atoms with E-state index >= 15 is 0 Å². The normalized spacial score (nSPS) is 19.9. The van der Waals surface area contributed by atoms with E-state index in [4.69, 9.17) is 0 Å². The minimum atomic E-state index is -2.86. The van der Waals surface area contributed by atoms with Gasteiger partial charge in [-0.1, -0.05) is 12.1 Å². The number of carboxylic acids is 1. The number of Topliss-reactive ketones (excluding diaryl/α,β-unsaturated/α-hetero) is 1. The highest BCUT2D eigenvalue weighted by Gasteiger charge is 2.41. The second-order valence-electron chi connectivity index (χ2n) is 6.11. The molecule has 0 spiro atoms. The molecule has 1 atom stereocenters. The first kappa shape index (κ1) is 18.2. The van der Waals surface area contributed by atoms with E-state index in [9.17, 15) is 32.3 Å². The maximum absolute atomic E-state index is 14.2. The molecule has 0 unspecified atom stereocenters. The Morgan fingerprint density at radius 1 is 1.31 bits per heavy atom. The van der Waals surface area contributed by atoms with Crippen LogP contribution in [0.15, 0.2) is 40.7 Å². The molecule has 0 fully saturated rings. The van der Waals surface area contributed by atoms with Crippen LogP contribution >= 0.6 is 0 Å². The quantitative estimate of drug-likeness (QED) is 0.782. The molecule has 138 valence electrons. The minimum Gasteiger partial charge on any atom is -0.478 e. The number of carbonyl (C=O) groups is 2. The van der Waals surface area contributed by atoms with Gasteiger partial charge in [0.2, 0.25) is 6.43 Å². The number of nitrogens with one attached hydrogen (secondary N) is 1. The monoisotopic (exact) mass is 369 g/mol. The number of allylic oxidation sites excluding steroid dienone is 3. The van der Waals surface area contributed by atoms with E-state index in [1.165, 1.54) is 12.1 Å². The van der Waals surface area contributed by atoms with Crippen LogP contribution in [0.2, 0.25) is 0 Å². The van der Waals surface area contributed by atoms with Gasteiger partial charge in [0.25, 0.3) is 0 Å². The first-order valence-corrected chi connectivity index (χ1v) is 7.96. The van der Waals surface area contributed by atoms with Crippen LogP contribution in [-0.4, -0.2) is 30.0 Å².